The van der Waals surface area contributed by atoms with Gasteiger partial charge in [-0.2, -0.15) is 0 Å². The van der Waals surface area contributed by atoms with E-state index in [9.17, 15) is 8.42 Å². The van der Waals surface area contributed by atoms with E-state index in [0.717, 1.165) is 11.3 Å². The van der Waals surface area contributed by atoms with Crippen LogP contribution in [0, 0.1) is 0 Å². The molecule has 0 fully saturated rings. The molecule has 0 radical (unpaired) electrons. The van der Waals surface area contributed by atoms with Crippen molar-refractivity contribution in [2.45, 2.75) is 5.75 Å². The molecule has 0 spiro atoms. The third-order valence-electron chi connectivity index (χ3n) is 1.43. The summed E-state index contributed by atoms with van der Waals surface area (Å²) in [6.07, 6.45) is 0. The lowest BCUT2D eigenvalue weighted by molar-refractivity contribution is 0.614. The number of hydrazine groups is 1. The molecule has 13 heavy (non-hydrogen) atoms. The Balaban J connectivity index is 0.00000144. The Hall–Kier alpha value is -0.780. The second-order valence-corrected chi connectivity index (χ2v) is 3.31. The Bertz CT molecular complexity index is 316. The van der Waals surface area contributed by atoms with E-state index in [4.69, 9.17) is 5.84 Å². The normalized spacial score (nSPS) is 9.38. The smallest absolute Gasteiger partial charge is 0.144 e. The van der Waals surface area contributed by atoms with E-state index in [-0.39, 0.29) is 18.2 Å². The van der Waals surface area contributed by atoms with E-state index in [1.165, 1.54) is 0 Å². The third kappa shape index (κ3) is 4.12. The highest BCUT2D eigenvalue weighted by Gasteiger charge is 1.93. The minimum atomic E-state index is -2.34. The highest BCUT2D eigenvalue weighted by molar-refractivity contribution is 7.71. The summed E-state index contributed by atoms with van der Waals surface area (Å²) in [6, 6.07) is 6.91. The van der Waals surface area contributed by atoms with Crippen LogP contribution in [0.1, 0.15) is 5.56 Å². The Morgan fingerprint density at radius 3 is 2.15 bits per heavy atom. The number of nitrogen functional groups attached to an aromatic ring is 1. The second kappa shape index (κ2) is 5.80. The van der Waals surface area contributed by atoms with Crippen LogP contribution in [0.3, 0.4) is 0 Å². The second-order valence-electron chi connectivity index (χ2n) is 2.33. The van der Waals surface area contributed by atoms with Gasteiger partial charge in [0.05, 0.1) is 5.75 Å². The predicted molar refractivity (Wildman–Crippen MR) is 55.5 cm³/mol. The lowest BCUT2D eigenvalue weighted by atomic mass is 10.2. The molecule has 74 valence electrons. The highest BCUT2D eigenvalue weighted by atomic mass is 35.5. The summed E-state index contributed by atoms with van der Waals surface area (Å²) in [6.45, 7) is 0. The van der Waals surface area contributed by atoms with Crippen molar-refractivity contribution >= 4 is 28.8 Å². The summed E-state index contributed by atoms with van der Waals surface area (Å²) in [5, 5.41) is 0. The zero-order valence-electron chi connectivity index (χ0n) is 6.77. The number of hydrogen-bond acceptors (Lipinski definition) is 4. The summed E-state index contributed by atoms with van der Waals surface area (Å²) in [5.74, 6) is 5.22. The lowest BCUT2D eigenvalue weighted by Gasteiger charge is -1.99. The fourth-order valence-electron chi connectivity index (χ4n) is 0.855. The first-order valence-corrected chi connectivity index (χ1v) is 4.76. The molecule has 0 unspecified atom stereocenters. The van der Waals surface area contributed by atoms with E-state index >= 15 is 0 Å². The number of thiol groups is 1. The zero-order valence-corrected chi connectivity index (χ0v) is 8.48. The van der Waals surface area contributed by atoms with Crippen LogP contribution in [0.15, 0.2) is 24.3 Å². The molecule has 0 atom stereocenters. The molecule has 0 saturated carbocycles. The van der Waals surface area contributed by atoms with Crippen LogP contribution in [0.5, 0.6) is 0 Å². The van der Waals surface area contributed by atoms with Gasteiger partial charge in [0, 0.05) is 5.69 Å². The van der Waals surface area contributed by atoms with Crippen LogP contribution in [0.2, 0.25) is 0 Å². The highest BCUT2D eigenvalue weighted by Crippen LogP contribution is 2.08. The first-order chi connectivity index (χ1) is 5.72. The molecule has 1 rings (SSSR count). The first kappa shape index (κ1) is 12.2. The number of anilines is 1. The molecule has 0 aliphatic heterocycles. The van der Waals surface area contributed by atoms with Crippen molar-refractivity contribution in [1.82, 2.24) is 0 Å². The molecule has 0 aliphatic rings. The van der Waals surface area contributed by atoms with Gasteiger partial charge in [-0.15, -0.1) is 12.4 Å². The summed E-state index contributed by atoms with van der Waals surface area (Å²) < 4.78 is 20.6. The monoisotopic (exact) mass is 222 g/mol. The van der Waals surface area contributed by atoms with Gasteiger partial charge in [0.2, 0.25) is 0 Å². The minimum Gasteiger partial charge on any atom is -0.324 e. The summed E-state index contributed by atoms with van der Waals surface area (Å²) in [5.41, 5.74) is 3.99. The minimum absolute atomic E-state index is 0. The summed E-state index contributed by atoms with van der Waals surface area (Å²) in [4.78, 5) is 0. The van der Waals surface area contributed by atoms with Gasteiger partial charge in [0.1, 0.15) is 10.7 Å². The number of nitrogens with one attached hydrogen (secondary N) is 1. The van der Waals surface area contributed by atoms with Crippen LogP contribution in [0.25, 0.3) is 0 Å². The Morgan fingerprint density at radius 2 is 1.77 bits per heavy atom. The fraction of sp³-hybridized carbons (Fsp3) is 0.143. The van der Waals surface area contributed by atoms with Gasteiger partial charge in [-0.3, -0.25) is 5.84 Å². The Kier molecular flexibility index (Phi) is 5.45. The van der Waals surface area contributed by atoms with Crippen molar-refractivity contribution in [3.05, 3.63) is 29.8 Å². The average molecular weight is 223 g/mol. The summed E-state index contributed by atoms with van der Waals surface area (Å²) >= 11 is 0. The van der Waals surface area contributed by atoms with Crippen LogP contribution in [-0.2, 0) is 16.5 Å². The van der Waals surface area contributed by atoms with Gasteiger partial charge in [-0.25, -0.2) is 8.42 Å². The third-order valence-corrected chi connectivity index (χ3v) is 2.06. The van der Waals surface area contributed by atoms with E-state index in [0.29, 0.717) is 0 Å². The molecule has 0 aromatic heterocycles. The number of nitrogens with two attached hydrogens (primary N) is 1. The summed E-state index contributed by atoms with van der Waals surface area (Å²) in [7, 11) is -2.34. The van der Waals surface area contributed by atoms with Crippen LogP contribution in [0.4, 0.5) is 5.69 Å². The largest absolute Gasteiger partial charge is 0.324 e. The quantitative estimate of drug-likeness (QED) is 0.396. The predicted octanol–water partition coefficient (Wildman–Crippen LogP) is 0.505. The SMILES string of the molecule is Cl.NNc1ccc(C[SH](=O)=O)cc1. The molecule has 0 saturated heterocycles. The van der Waals surface area contributed by atoms with Gasteiger partial charge < -0.3 is 5.43 Å². The molecule has 1 aromatic rings. The van der Waals surface area contributed by atoms with E-state index in [1.54, 1.807) is 24.3 Å². The molecule has 1 aromatic carbocycles. The number of benzene rings is 1. The standard InChI is InChI=1S/C7H10N2O2S.ClH/c8-9-7-3-1-6(2-4-7)5-12(10)11;/h1-4,9,12H,5,8H2;1H. The maximum atomic E-state index is 10.3. The maximum absolute atomic E-state index is 10.3. The molecule has 3 N–H and O–H groups in total. The molecular formula is C7H11ClN2O2S. The Labute approximate surface area is 84.5 Å². The van der Waals surface area contributed by atoms with Crippen molar-refractivity contribution in [3.63, 3.8) is 0 Å². The van der Waals surface area contributed by atoms with Crippen LogP contribution in [-0.4, -0.2) is 8.42 Å². The van der Waals surface area contributed by atoms with E-state index in [2.05, 4.69) is 5.43 Å². The van der Waals surface area contributed by atoms with Crippen molar-refractivity contribution in [2.75, 3.05) is 5.43 Å². The van der Waals surface area contributed by atoms with Gasteiger partial charge in [-0.1, -0.05) is 12.1 Å². The maximum Gasteiger partial charge on any atom is 0.144 e. The average Bonchev–Trinajstić information content (AvgIpc) is 2.05. The van der Waals surface area contributed by atoms with Crippen molar-refractivity contribution in [3.8, 4) is 0 Å². The molecule has 0 bridgehead atoms. The van der Waals surface area contributed by atoms with Crippen molar-refractivity contribution < 1.29 is 8.42 Å². The molecule has 6 heteroatoms. The molecule has 0 aliphatic carbocycles. The number of rotatable bonds is 3. The Morgan fingerprint density at radius 1 is 1.23 bits per heavy atom. The zero-order chi connectivity index (χ0) is 8.97. The van der Waals surface area contributed by atoms with Crippen molar-refractivity contribution in [1.29, 1.82) is 0 Å². The molecule has 0 heterocycles. The first-order valence-electron chi connectivity index (χ1n) is 3.39. The van der Waals surface area contributed by atoms with Gasteiger partial charge in [0.25, 0.3) is 0 Å². The molecular weight excluding hydrogens is 212 g/mol. The molecule has 4 nitrogen and oxygen atoms in total. The van der Waals surface area contributed by atoms with E-state index in [1.807, 2.05) is 0 Å². The topological polar surface area (TPSA) is 72.2 Å². The van der Waals surface area contributed by atoms with Gasteiger partial charge >= 0.3 is 0 Å². The van der Waals surface area contributed by atoms with Crippen LogP contribution >= 0.6 is 12.4 Å². The lowest BCUT2D eigenvalue weighted by Crippen LogP contribution is -2.06. The van der Waals surface area contributed by atoms with Crippen molar-refractivity contribution in [2.24, 2.45) is 5.84 Å². The fourth-order valence-corrected chi connectivity index (χ4v) is 1.36. The van der Waals surface area contributed by atoms with Crippen LogP contribution < -0.4 is 11.3 Å². The van der Waals surface area contributed by atoms with Gasteiger partial charge in [-0.05, 0) is 17.7 Å². The van der Waals surface area contributed by atoms with Gasteiger partial charge in [0.15, 0.2) is 0 Å². The number of hydrogen-bond donors (Lipinski definition) is 3. The van der Waals surface area contributed by atoms with E-state index < -0.39 is 10.7 Å². The number of halogens is 1. The molecule has 0 amide bonds.